The molecule has 0 aromatic heterocycles. The summed E-state index contributed by atoms with van der Waals surface area (Å²) < 4.78 is 37.9. The lowest BCUT2D eigenvalue weighted by atomic mass is 9.96. The fourth-order valence-corrected chi connectivity index (χ4v) is 2.94. The molecular formula is C15H19F2NO2. The highest BCUT2D eigenvalue weighted by atomic mass is 19.2. The smallest absolute Gasteiger partial charge is 0.163 e. The molecule has 0 saturated carbocycles. The summed E-state index contributed by atoms with van der Waals surface area (Å²) in [7, 11) is 0. The zero-order valence-electron chi connectivity index (χ0n) is 11.4. The summed E-state index contributed by atoms with van der Waals surface area (Å²) in [5.41, 5.74) is 0.428. The molecule has 3 nitrogen and oxygen atoms in total. The third-order valence-corrected chi connectivity index (χ3v) is 4.09. The van der Waals surface area contributed by atoms with Crippen molar-refractivity contribution < 1.29 is 18.3 Å². The molecule has 20 heavy (non-hydrogen) atoms. The SMILES string of the molecule is Fc1cccc(CN2CCC(C3OCCO3)CC2)c1F. The van der Waals surface area contributed by atoms with Crippen LogP contribution in [0.25, 0.3) is 0 Å². The van der Waals surface area contributed by atoms with E-state index in [0.717, 1.165) is 32.0 Å². The number of halogens is 2. The largest absolute Gasteiger partial charge is 0.350 e. The molecule has 0 radical (unpaired) electrons. The fraction of sp³-hybridized carbons (Fsp3) is 0.600. The third-order valence-electron chi connectivity index (χ3n) is 4.09. The molecule has 1 aromatic carbocycles. The minimum Gasteiger partial charge on any atom is -0.350 e. The van der Waals surface area contributed by atoms with E-state index in [1.54, 1.807) is 12.1 Å². The summed E-state index contributed by atoms with van der Waals surface area (Å²) in [6.45, 7) is 3.55. The van der Waals surface area contributed by atoms with Gasteiger partial charge >= 0.3 is 0 Å². The number of rotatable bonds is 3. The predicted octanol–water partition coefficient (Wildman–Crippen LogP) is 2.55. The highest BCUT2D eigenvalue weighted by molar-refractivity contribution is 5.18. The van der Waals surface area contributed by atoms with Crippen molar-refractivity contribution >= 4 is 0 Å². The molecule has 2 saturated heterocycles. The van der Waals surface area contributed by atoms with Crippen molar-refractivity contribution in [3.8, 4) is 0 Å². The van der Waals surface area contributed by atoms with Gasteiger partial charge in [0.2, 0.25) is 0 Å². The molecule has 0 aliphatic carbocycles. The van der Waals surface area contributed by atoms with E-state index < -0.39 is 11.6 Å². The number of ether oxygens (including phenoxy) is 2. The molecule has 2 heterocycles. The number of nitrogens with zero attached hydrogens (tertiary/aromatic N) is 1. The molecule has 0 bridgehead atoms. The third kappa shape index (κ3) is 3.00. The Labute approximate surface area is 117 Å². The second kappa shape index (κ2) is 6.16. The first-order valence-corrected chi connectivity index (χ1v) is 7.12. The summed E-state index contributed by atoms with van der Waals surface area (Å²) in [4.78, 5) is 2.16. The van der Waals surface area contributed by atoms with Crippen molar-refractivity contribution in [2.45, 2.75) is 25.7 Å². The molecule has 1 aromatic rings. The Bertz CT molecular complexity index is 455. The van der Waals surface area contributed by atoms with Crippen molar-refractivity contribution in [3.63, 3.8) is 0 Å². The van der Waals surface area contributed by atoms with Gasteiger partial charge in [0.1, 0.15) is 0 Å². The number of piperidine rings is 1. The Balaban J connectivity index is 1.54. The summed E-state index contributed by atoms with van der Waals surface area (Å²) in [6.07, 6.45) is 1.88. The zero-order valence-corrected chi connectivity index (χ0v) is 11.4. The van der Waals surface area contributed by atoms with Crippen molar-refractivity contribution in [1.82, 2.24) is 4.90 Å². The maximum absolute atomic E-state index is 13.6. The van der Waals surface area contributed by atoms with Gasteiger partial charge in [0, 0.05) is 18.0 Å². The first-order valence-electron chi connectivity index (χ1n) is 7.12. The van der Waals surface area contributed by atoms with Crippen LogP contribution in [0.2, 0.25) is 0 Å². The average molecular weight is 283 g/mol. The molecule has 110 valence electrons. The molecule has 0 atom stereocenters. The van der Waals surface area contributed by atoms with Crippen LogP contribution in [0.1, 0.15) is 18.4 Å². The first kappa shape index (κ1) is 13.9. The van der Waals surface area contributed by atoms with Gasteiger partial charge in [-0.3, -0.25) is 4.90 Å². The fourth-order valence-electron chi connectivity index (χ4n) is 2.94. The minimum atomic E-state index is -0.773. The van der Waals surface area contributed by atoms with Crippen molar-refractivity contribution in [2.75, 3.05) is 26.3 Å². The van der Waals surface area contributed by atoms with Gasteiger partial charge in [-0.1, -0.05) is 12.1 Å². The van der Waals surface area contributed by atoms with Gasteiger partial charge in [-0.05, 0) is 32.0 Å². The molecule has 0 unspecified atom stereocenters. The Morgan fingerprint density at radius 2 is 1.80 bits per heavy atom. The second-order valence-corrected chi connectivity index (χ2v) is 5.44. The molecule has 2 aliphatic heterocycles. The van der Waals surface area contributed by atoms with Crippen LogP contribution in [-0.4, -0.2) is 37.5 Å². The van der Waals surface area contributed by atoms with E-state index in [1.165, 1.54) is 0 Å². The summed E-state index contributed by atoms with van der Waals surface area (Å²) in [5, 5.41) is 0. The molecule has 3 rings (SSSR count). The average Bonchev–Trinajstić information content (AvgIpc) is 2.99. The van der Waals surface area contributed by atoms with Crippen LogP contribution in [0.4, 0.5) is 8.78 Å². The summed E-state index contributed by atoms with van der Waals surface area (Å²) >= 11 is 0. The van der Waals surface area contributed by atoms with Crippen LogP contribution >= 0.6 is 0 Å². The number of likely N-dealkylation sites (tertiary alicyclic amines) is 1. The van der Waals surface area contributed by atoms with Gasteiger partial charge in [0.25, 0.3) is 0 Å². The topological polar surface area (TPSA) is 21.7 Å². The van der Waals surface area contributed by atoms with Crippen LogP contribution < -0.4 is 0 Å². The Morgan fingerprint density at radius 3 is 2.50 bits per heavy atom. The van der Waals surface area contributed by atoms with Crippen LogP contribution in [0.3, 0.4) is 0 Å². The van der Waals surface area contributed by atoms with E-state index in [9.17, 15) is 8.78 Å². The van der Waals surface area contributed by atoms with Gasteiger partial charge in [-0.15, -0.1) is 0 Å². The summed E-state index contributed by atoms with van der Waals surface area (Å²) in [6, 6.07) is 4.36. The van der Waals surface area contributed by atoms with E-state index in [1.807, 2.05) is 0 Å². The second-order valence-electron chi connectivity index (χ2n) is 5.44. The van der Waals surface area contributed by atoms with Crippen molar-refractivity contribution in [3.05, 3.63) is 35.4 Å². The first-order chi connectivity index (χ1) is 9.74. The zero-order chi connectivity index (χ0) is 13.9. The van der Waals surface area contributed by atoms with Crippen molar-refractivity contribution in [1.29, 1.82) is 0 Å². The highest BCUT2D eigenvalue weighted by Gasteiger charge is 2.30. The Kier molecular flexibility index (Phi) is 4.29. The van der Waals surface area contributed by atoms with Gasteiger partial charge in [-0.2, -0.15) is 0 Å². The molecule has 0 spiro atoms. The lowest BCUT2D eigenvalue weighted by Crippen LogP contribution is -2.37. The highest BCUT2D eigenvalue weighted by Crippen LogP contribution is 2.26. The van der Waals surface area contributed by atoms with Crippen LogP contribution in [0.5, 0.6) is 0 Å². The normalized spacial score (nSPS) is 22.5. The summed E-state index contributed by atoms with van der Waals surface area (Å²) in [5.74, 6) is -1.08. The minimum absolute atomic E-state index is 0.0666. The van der Waals surface area contributed by atoms with E-state index in [-0.39, 0.29) is 6.29 Å². The molecule has 2 fully saturated rings. The Morgan fingerprint density at radius 1 is 1.10 bits per heavy atom. The van der Waals surface area contributed by atoms with Gasteiger partial charge in [0.15, 0.2) is 17.9 Å². The van der Waals surface area contributed by atoms with E-state index in [0.29, 0.717) is 31.2 Å². The van der Waals surface area contributed by atoms with E-state index >= 15 is 0 Å². The van der Waals surface area contributed by atoms with E-state index in [2.05, 4.69) is 4.90 Å². The standard InChI is InChI=1S/C15H19F2NO2/c16-13-3-1-2-12(14(13)17)10-18-6-4-11(5-7-18)15-19-8-9-20-15/h1-3,11,15H,4-10H2. The molecular weight excluding hydrogens is 264 g/mol. The van der Waals surface area contributed by atoms with Gasteiger partial charge < -0.3 is 9.47 Å². The lowest BCUT2D eigenvalue weighted by Gasteiger charge is -2.33. The molecule has 0 N–H and O–H groups in total. The van der Waals surface area contributed by atoms with Crippen molar-refractivity contribution in [2.24, 2.45) is 5.92 Å². The van der Waals surface area contributed by atoms with Crippen LogP contribution in [0.15, 0.2) is 18.2 Å². The predicted molar refractivity (Wildman–Crippen MR) is 70.1 cm³/mol. The number of hydrogen-bond donors (Lipinski definition) is 0. The van der Waals surface area contributed by atoms with Gasteiger partial charge in [0.05, 0.1) is 13.2 Å². The van der Waals surface area contributed by atoms with Gasteiger partial charge in [-0.25, -0.2) is 8.78 Å². The van der Waals surface area contributed by atoms with Crippen LogP contribution in [-0.2, 0) is 16.0 Å². The number of hydrogen-bond acceptors (Lipinski definition) is 3. The molecule has 2 aliphatic rings. The lowest BCUT2D eigenvalue weighted by molar-refractivity contribution is -0.0978. The Hall–Kier alpha value is -1.04. The van der Waals surface area contributed by atoms with Crippen LogP contribution in [0, 0.1) is 17.6 Å². The molecule has 5 heteroatoms. The molecule has 0 amide bonds. The maximum Gasteiger partial charge on any atom is 0.163 e. The number of benzene rings is 1. The quantitative estimate of drug-likeness (QED) is 0.851. The monoisotopic (exact) mass is 283 g/mol. The maximum atomic E-state index is 13.6. The van der Waals surface area contributed by atoms with E-state index in [4.69, 9.17) is 9.47 Å².